The van der Waals surface area contributed by atoms with E-state index in [1.807, 2.05) is 0 Å². The zero-order valence-electron chi connectivity index (χ0n) is 8.55. The molecule has 0 amide bonds. The maximum Gasteiger partial charge on any atom is 0.301 e. The zero-order valence-corrected chi connectivity index (χ0v) is 9.37. The molecule has 0 saturated heterocycles. The van der Waals surface area contributed by atoms with Crippen LogP contribution in [0.2, 0.25) is 0 Å². The number of hydrogen-bond acceptors (Lipinski definition) is 8. The van der Waals surface area contributed by atoms with Gasteiger partial charge in [-0.2, -0.15) is 9.98 Å². The van der Waals surface area contributed by atoms with E-state index in [2.05, 4.69) is 9.98 Å². The molecule has 0 aliphatic carbocycles. The van der Waals surface area contributed by atoms with Gasteiger partial charge in [0.2, 0.25) is 0 Å². The first-order chi connectivity index (χ1) is 7.79. The second kappa shape index (κ2) is 7.48. The van der Waals surface area contributed by atoms with Crippen molar-refractivity contribution in [1.82, 2.24) is 0 Å². The second-order valence-electron chi connectivity index (χ2n) is 2.53. The summed E-state index contributed by atoms with van der Waals surface area (Å²) in [7, 11) is -5.17. The van der Waals surface area contributed by atoms with E-state index in [1.54, 1.807) is 35.4 Å². The van der Waals surface area contributed by atoms with Gasteiger partial charge in [0.25, 0.3) is 0 Å². The van der Waals surface area contributed by atoms with E-state index in [0.717, 1.165) is 0 Å². The molecule has 0 bridgehead atoms. The fraction of sp³-hybridized carbons (Fsp3) is 0. The quantitative estimate of drug-likeness (QED) is 0.251. The molecule has 2 rings (SSSR count). The number of hydrogen-bond donors (Lipinski definition) is 4. The fourth-order valence-corrected chi connectivity index (χ4v) is 0.628. The van der Waals surface area contributed by atoms with Crippen LogP contribution < -0.4 is 22.1 Å². The Morgan fingerprint density at radius 2 is 1.29 bits per heavy atom. The molecule has 8 N–H and O–H groups in total. The van der Waals surface area contributed by atoms with Gasteiger partial charge in [-0.3, -0.25) is 19.1 Å². The molecular formula is C6H12N6O4S. The molecule has 10 nitrogen and oxygen atoms in total. The molecule has 17 heavy (non-hydrogen) atoms. The van der Waals surface area contributed by atoms with Crippen LogP contribution in [-0.4, -0.2) is 29.4 Å². The van der Waals surface area contributed by atoms with Crippen LogP contribution in [0, 0.1) is 0 Å². The minimum Gasteiger partial charge on any atom is -0.759 e. The van der Waals surface area contributed by atoms with Crippen molar-refractivity contribution in [3.8, 4) is 0 Å². The third-order valence-electron chi connectivity index (χ3n) is 1.15. The molecule has 2 heterocycles. The smallest absolute Gasteiger partial charge is 0.301 e. The molecule has 0 unspecified atom stereocenters. The molecule has 0 spiro atoms. The van der Waals surface area contributed by atoms with Crippen molar-refractivity contribution in [1.29, 1.82) is 0 Å². The maximum absolute atomic E-state index is 8.52. The Labute approximate surface area is 97.4 Å². The Morgan fingerprint density at radius 3 is 1.35 bits per heavy atom. The summed E-state index contributed by atoms with van der Waals surface area (Å²) in [5.41, 5.74) is 10.3. The maximum atomic E-state index is 8.52. The molecule has 96 valence electrons. The highest BCUT2D eigenvalue weighted by Gasteiger charge is 1.94. The van der Waals surface area contributed by atoms with Crippen molar-refractivity contribution in [2.75, 3.05) is 0 Å². The number of nitrogens with zero attached hydrogens (tertiary/aromatic N) is 2. The summed E-state index contributed by atoms with van der Waals surface area (Å²) in [4.78, 5) is 7.39. The lowest BCUT2D eigenvalue weighted by molar-refractivity contribution is -0.460. The fourth-order valence-electron chi connectivity index (χ4n) is 0.628. The predicted molar refractivity (Wildman–Crippen MR) is 55.9 cm³/mol. The highest BCUT2D eigenvalue weighted by molar-refractivity contribution is 7.79. The minimum absolute atomic E-state index is 0.593. The average Bonchev–Trinajstić information content (AvgIpc) is 2.76. The monoisotopic (exact) mass is 264 g/mol. The Morgan fingerprint density at radius 1 is 1.00 bits per heavy atom. The largest absolute Gasteiger partial charge is 0.759 e. The third kappa shape index (κ3) is 14.2. The van der Waals surface area contributed by atoms with Gasteiger partial charge in [0.1, 0.15) is 12.4 Å². The number of quaternary nitrogens is 2. The first kappa shape index (κ1) is 15.2. The predicted octanol–water partition coefficient (Wildman–Crippen LogP) is -4.64. The van der Waals surface area contributed by atoms with E-state index in [0.29, 0.717) is 11.9 Å². The van der Waals surface area contributed by atoms with Crippen LogP contribution in [-0.2, 0) is 10.4 Å². The SMILES string of the molecule is NC1=NC=C[NH2+]1.NC1=NC=C[NH2+]1.O=S(=O)([O-])[O-]. The standard InChI is InChI=1S/2C3H5N3.H2O4S/c2*4-3-5-1-2-6-3;1-5(2,3)4/h2*1-2H,(H3,4,5,6);(H2,1,2,3,4). The molecule has 0 saturated carbocycles. The lowest BCUT2D eigenvalue weighted by Crippen LogP contribution is -2.83. The Kier molecular flexibility index (Phi) is 6.69. The van der Waals surface area contributed by atoms with Crippen LogP contribution in [0.25, 0.3) is 0 Å². The molecule has 0 aromatic carbocycles. The van der Waals surface area contributed by atoms with E-state index >= 15 is 0 Å². The molecule has 0 aromatic rings. The number of guanidine groups is 2. The Bertz CT molecular complexity index is 415. The molecule has 0 fully saturated rings. The van der Waals surface area contributed by atoms with E-state index in [4.69, 9.17) is 29.0 Å². The van der Waals surface area contributed by atoms with Crippen LogP contribution in [0.3, 0.4) is 0 Å². The van der Waals surface area contributed by atoms with Crippen LogP contribution in [0.1, 0.15) is 0 Å². The average molecular weight is 264 g/mol. The van der Waals surface area contributed by atoms with Crippen molar-refractivity contribution in [3.05, 3.63) is 24.8 Å². The van der Waals surface area contributed by atoms with Crippen LogP contribution in [0.15, 0.2) is 34.8 Å². The highest BCUT2D eigenvalue weighted by atomic mass is 32.3. The zero-order chi connectivity index (χ0) is 13.3. The molecular weight excluding hydrogens is 252 g/mol. The van der Waals surface area contributed by atoms with Gasteiger partial charge < -0.3 is 20.6 Å². The summed E-state index contributed by atoms with van der Waals surface area (Å²) in [6.07, 6.45) is 6.93. The third-order valence-corrected chi connectivity index (χ3v) is 1.15. The van der Waals surface area contributed by atoms with Crippen molar-refractivity contribution in [3.63, 3.8) is 0 Å². The van der Waals surface area contributed by atoms with Gasteiger partial charge in [0, 0.05) is 10.4 Å². The normalized spacial score (nSPS) is 16.4. The van der Waals surface area contributed by atoms with Crippen LogP contribution in [0.4, 0.5) is 0 Å². The van der Waals surface area contributed by atoms with Crippen LogP contribution >= 0.6 is 0 Å². The van der Waals surface area contributed by atoms with Crippen LogP contribution in [0.5, 0.6) is 0 Å². The van der Waals surface area contributed by atoms with Crippen molar-refractivity contribution < 1.29 is 28.2 Å². The van der Waals surface area contributed by atoms with Gasteiger partial charge in [-0.05, 0) is 0 Å². The summed E-state index contributed by atoms with van der Waals surface area (Å²) < 4.78 is 34.1. The van der Waals surface area contributed by atoms with Gasteiger partial charge in [0.05, 0.1) is 12.4 Å². The van der Waals surface area contributed by atoms with Crippen molar-refractivity contribution >= 4 is 22.3 Å². The van der Waals surface area contributed by atoms with Crippen molar-refractivity contribution in [2.24, 2.45) is 21.5 Å². The van der Waals surface area contributed by atoms with E-state index in [-0.39, 0.29) is 0 Å². The van der Waals surface area contributed by atoms with E-state index < -0.39 is 10.4 Å². The number of aliphatic imine (C=N–C) groups is 2. The molecule has 2 aliphatic heterocycles. The number of rotatable bonds is 0. The Balaban J connectivity index is 0.000000228. The lowest BCUT2D eigenvalue weighted by Gasteiger charge is -2.06. The van der Waals surface area contributed by atoms with Gasteiger partial charge in [-0.15, -0.1) is 0 Å². The summed E-state index contributed by atoms with van der Waals surface area (Å²) >= 11 is 0. The summed E-state index contributed by atoms with van der Waals surface area (Å²) in [6, 6.07) is 0. The van der Waals surface area contributed by atoms with E-state index in [1.165, 1.54) is 0 Å². The second-order valence-corrected chi connectivity index (χ2v) is 3.35. The summed E-state index contributed by atoms with van der Waals surface area (Å²) in [5.74, 6) is 1.19. The molecule has 0 aromatic heterocycles. The van der Waals surface area contributed by atoms with Gasteiger partial charge in [0.15, 0.2) is 0 Å². The van der Waals surface area contributed by atoms with E-state index in [9.17, 15) is 0 Å². The Hall–Kier alpha value is -1.79. The first-order valence-electron chi connectivity index (χ1n) is 4.12. The van der Waals surface area contributed by atoms with Gasteiger partial charge >= 0.3 is 11.9 Å². The summed E-state index contributed by atoms with van der Waals surface area (Å²) in [5, 5.41) is 3.50. The van der Waals surface area contributed by atoms with Gasteiger partial charge in [-0.1, -0.05) is 0 Å². The van der Waals surface area contributed by atoms with Gasteiger partial charge in [-0.25, -0.2) is 0 Å². The molecule has 0 radical (unpaired) electrons. The van der Waals surface area contributed by atoms with Crippen molar-refractivity contribution in [2.45, 2.75) is 0 Å². The molecule has 2 aliphatic rings. The molecule has 11 heteroatoms. The molecule has 0 atom stereocenters. The minimum atomic E-state index is -5.17. The first-order valence-corrected chi connectivity index (χ1v) is 5.45. The topological polar surface area (TPSA) is 190 Å². The summed E-state index contributed by atoms with van der Waals surface area (Å²) in [6.45, 7) is 0. The lowest BCUT2D eigenvalue weighted by atomic mass is 10.9. The number of nitrogens with two attached hydrogens (primary N) is 4. The highest BCUT2D eigenvalue weighted by Crippen LogP contribution is 1.68.